The Kier molecular flexibility index (Phi) is 4.45. The number of carbonyl (C=O) groups is 1. The number of hydrogen-bond acceptors (Lipinski definition) is 2. The van der Waals surface area contributed by atoms with Crippen LogP contribution in [-0.2, 0) is 6.54 Å². The number of halogens is 2. The standard InChI is InChI=1S/C14H12BrClN2O/c15-10-6-4-9(5-7-10)8-18-14(19)11-2-1-3-12(17)13(11)16/h1-7H,8,17H2,(H,18,19). The Bertz CT molecular complexity index is 599. The first-order valence-electron chi connectivity index (χ1n) is 5.64. The number of nitrogen functional groups attached to an aromatic ring is 1. The fourth-order valence-corrected chi connectivity index (χ4v) is 2.08. The van der Waals surface area contributed by atoms with E-state index in [0.717, 1.165) is 10.0 Å². The van der Waals surface area contributed by atoms with Crippen LogP contribution in [0.4, 0.5) is 5.69 Å². The van der Waals surface area contributed by atoms with E-state index in [4.69, 9.17) is 17.3 Å². The zero-order valence-electron chi connectivity index (χ0n) is 9.99. The van der Waals surface area contributed by atoms with Crippen LogP contribution in [0.3, 0.4) is 0 Å². The lowest BCUT2D eigenvalue weighted by atomic mass is 10.1. The molecule has 3 N–H and O–H groups in total. The predicted octanol–water partition coefficient (Wildman–Crippen LogP) is 3.61. The molecular weight excluding hydrogens is 328 g/mol. The van der Waals surface area contributed by atoms with Crippen LogP contribution >= 0.6 is 27.5 Å². The molecule has 0 aliphatic heterocycles. The highest BCUT2D eigenvalue weighted by Crippen LogP contribution is 2.22. The summed E-state index contributed by atoms with van der Waals surface area (Å²) < 4.78 is 1.00. The minimum Gasteiger partial charge on any atom is -0.398 e. The third-order valence-corrected chi connectivity index (χ3v) is 3.59. The van der Waals surface area contributed by atoms with E-state index in [2.05, 4.69) is 21.2 Å². The van der Waals surface area contributed by atoms with Gasteiger partial charge in [0.2, 0.25) is 0 Å². The van der Waals surface area contributed by atoms with Crippen molar-refractivity contribution in [3.63, 3.8) is 0 Å². The second-order valence-corrected chi connectivity index (χ2v) is 5.31. The van der Waals surface area contributed by atoms with E-state index >= 15 is 0 Å². The van der Waals surface area contributed by atoms with Crippen molar-refractivity contribution in [1.29, 1.82) is 0 Å². The first-order chi connectivity index (χ1) is 9.08. The molecule has 0 atom stereocenters. The normalized spacial score (nSPS) is 10.2. The zero-order valence-corrected chi connectivity index (χ0v) is 12.3. The number of anilines is 1. The minimum atomic E-state index is -0.236. The van der Waals surface area contributed by atoms with Gasteiger partial charge in [-0.2, -0.15) is 0 Å². The van der Waals surface area contributed by atoms with Crippen LogP contribution in [0.1, 0.15) is 15.9 Å². The molecule has 0 aliphatic carbocycles. The molecule has 0 saturated heterocycles. The number of hydrogen-bond donors (Lipinski definition) is 2. The van der Waals surface area contributed by atoms with Gasteiger partial charge in [-0.3, -0.25) is 4.79 Å². The maximum absolute atomic E-state index is 12.0. The maximum Gasteiger partial charge on any atom is 0.253 e. The van der Waals surface area contributed by atoms with Gasteiger partial charge in [0.15, 0.2) is 0 Å². The highest BCUT2D eigenvalue weighted by atomic mass is 79.9. The molecule has 0 aliphatic rings. The average Bonchev–Trinajstić information content (AvgIpc) is 2.41. The van der Waals surface area contributed by atoms with Gasteiger partial charge in [0.05, 0.1) is 16.3 Å². The Morgan fingerprint density at radius 2 is 1.89 bits per heavy atom. The van der Waals surface area contributed by atoms with Crippen molar-refractivity contribution in [1.82, 2.24) is 5.32 Å². The SMILES string of the molecule is Nc1cccc(C(=O)NCc2ccc(Br)cc2)c1Cl. The first-order valence-corrected chi connectivity index (χ1v) is 6.81. The summed E-state index contributed by atoms with van der Waals surface area (Å²) in [6.07, 6.45) is 0. The maximum atomic E-state index is 12.0. The molecule has 0 fully saturated rings. The molecule has 0 spiro atoms. The number of nitrogens with one attached hydrogen (secondary N) is 1. The summed E-state index contributed by atoms with van der Waals surface area (Å²) in [5.41, 5.74) is 7.46. The first kappa shape index (κ1) is 13.9. The van der Waals surface area contributed by atoms with Crippen LogP contribution < -0.4 is 11.1 Å². The van der Waals surface area contributed by atoms with Crippen LogP contribution in [0.15, 0.2) is 46.9 Å². The van der Waals surface area contributed by atoms with Gasteiger partial charge in [-0.1, -0.05) is 45.7 Å². The molecule has 5 heteroatoms. The summed E-state index contributed by atoms with van der Waals surface area (Å²) in [6.45, 7) is 0.442. The van der Waals surface area contributed by atoms with Crippen molar-refractivity contribution in [3.8, 4) is 0 Å². The van der Waals surface area contributed by atoms with E-state index in [9.17, 15) is 4.79 Å². The monoisotopic (exact) mass is 338 g/mol. The van der Waals surface area contributed by atoms with Crippen molar-refractivity contribution >= 4 is 39.1 Å². The fourth-order valence-electron chi connectivity index (χ4n) is 1.61. The lowest BCUT2D eigenvalue weighted by Gasteiger charge is -2.08. The van der Waals surface area contributed by atoms with E-state index in [1.165, 1.54) is 0 Å². The molecule has 19 heavy (non-hydrogen) atoms. The summed E-state index contributed by atoms with van der Waals surface area (Å²) in [5, 5.41) is 3.10. The van der Waals surface area contributed by atoms with Crippen LogP contribution in [-0.4, -0.2) is 5.91 Å². The molecule has 0 saturated carbocycles. The summed E-state index contributed by atoms with van der Waals surface area (Å²) in [4.78, 5) is 12.0. The van der Waals surface area contributed by atoms with E-state index in [1.807, 2.05) is 24.3 Å². The van der Waals surface area contributed by atoms with Crippen molar-refractivity contribution in [3.05, 3.63) is 63.1 Å². The highest BCUT2D eigenvalue weighted by Gasteiger charge is 2.11. The molecule has 3 nitrogen and oxygen atoms in total. The summed E-state index contributed by atoms with van der Waals surface area (Å²) in [5.74, 6) is -0.236. The van der Waals surface area contributed by atoms with E-state index in [1.54, 1.807) is 18.2 Å². The molecule has 0 bridgehead atoms. The second-order valence-electron chi connectivity index (χ2n) is 4.02. The third-order valence-electron chi connectivity index (χ3n) is 2.64. The largest absolute Gasteiger partial charge is 0.398 e. The highest BCUT2D eigenvalue weighted by molar-refractivity contribution is 9.10. The van der Waals surface area contributed by atoms with E-state index < -0.39 is 0 Å². The van der Waals surface area contributed by atoms with Crippen LogP contribution in [0.25, 0.3) is 0 Å². The van der Waals surface area contributed by atoms with Crippen molar-refractivity contribution in [2.45, 2.75) is 6.54 Å². The molecule has 2 rings (SSSR count). The summed E-state index contributed by atoms with van der Waals surface area (Å²) >= 11 is 9.36. The Labute approximate surface area is 124 Å². The van der Waals surface area contributed by atoms with Crippen LogP contribution in [0, 0.1) is 0 Å². The Morgan fingerprint density at radius 3 is 2.58 bits per heavy atom. The van der Waals surface area contributed by atoms with Gasteiger partial charge in [-0.15, -0.1) is 0 Å². The second kappa shape index (κ2) is 6.08. The van der Waals surface area contributed by atoms with Crippen molar-refractivity contribution in [2.24, 2.45) is 0 Å². The lowest BCUT2D eigenvalue weighted by Crippen LogP contribution is -2.23. The van der Waals surface area contributed by atoms with Crippen LogP contribution in [0.5, 0.6) is 0 Å². The zero-order chi connectivity index (χ0) is 13.8. The number of rotatable bonds is 3. The topological polar surface area (TPSA) is 55.1 Å². The number of benzene rings is 2. The Morgan fingerprint density at radius 1 is 1.21 bits per heavy atom. The van der Waals surface area contributed by atoms with E-state index in [-0.39, 0.29) is 10.9 Å². The molecule has 2 aromatic rings. The number of carbonyl (C=O) groups excluding carboxylic acids is 1. The van der Waals surface area contributed by atoms with Gasteiger partial charge in [-0.25, -0.2) is 0 Å². The quantitative estimate of drug-likeness (QED) is 0.839. The van der Waals surface area contributed by atoms with Gasteiger partial charge in [0.1, 0.15) is 0 Å². The van der Waals surface area contributed by atoms with Gasteiger partial charge in [0.25, 0.3) is 5.91 Å². The summed E-state index contributed by atoms with van der Waals surface area (Å²) in [7, 11) is 0. The van der Waals surface area contributed by atoms with Gasteiger partial charge < -0.3 is 11.1 Å². The van der Waals surface area contributed by atoms with Gasteiger partial charge in [0, 0.05) is 11.0 Å². The smallest absolute Gasteiger partial charge is 0.253 e. The molecule has 0 radical (unpaired) electrons. The summed E-state index contributed by atoms with van der Waals surface area (Å²) in [6, 6.07) is 12.7. The predicted molar refractivity (Wildman–Crippen MR) is 81.2 cm³/mol. The van der Waals surface area contributed by atoms with E-state index in [0.29, 0.717) is 17.8 Å². The van der Waals surface area contributed by atoms with Gasteiger partial charge in [-0.05, 0) is 29.8 Å². The molecule has 1 amide bonds. The van der Waals surface area contributed by atoms with Crippen molar-refractivity contribution < 1.29 is 4.79 Å². The third kappa shape index (κ3) is 3.49. The molecule has 98 valence electrons. The molecule has 0 unspecified atom stereocenters. The number of amides is 1. The Hall–Kier alpha value is -1.52. The lowest BCUT2D eigenvalue weighted by molar-refractivity contribution is 0.0951. The van der Waals surface area contributed by atoms with Crippen LogP contribution in [0.2, 0.25) is 5.02 Å². The molecule has 0 aromatic heterocycles. The van der Waals surface area contributed by atoms with Gasteiger partial charge >= 0.3 is 0 Å². The fraction of sp³-hybridized carbons (Fsp3) is 0.0714. The van der Waals surface area contributed by atoms with Crippen molar-refractivity contribution in [2.75, 3.05) is 5.73 Å². The molecule has 2 aromatic carbocycles. The molecule has 0 heterocycles. The number of nitrogens with two attached hydrogens (primary N) is 1. The average molecular weight is 340 g/mol. The minimum absolute atomic E-state index is 0.236. The molecular formula is C14H12BrClN2O. The Balaban J connectivity index is 2.05.